The Morgan fingerprint density at radius 1 is 1.53 bits per heavy atom. The number of rotatable bonds is 4. The van der Waals surface area contributed by atoms with Crippen LogP contribution in [0.4, 0.5) is 0 Å². The average molecular weight is 214 g/mol. The molecule has 0 heterocycles. The number of aliphatic hydroxyl groups is 1. The van der Waals surface area contributed by atoms with Gasteiger partial charge in [0.1, 0.15) is 0 Å². The third-order valence-electron chi connectivity index (χ3n) is 3.67. The molecule has 2 atom stereocenters. The zero-order valence-corrected chi connectivity index (χ0v) is 10.4. The quantitative estimate of drug-likeness (QED) is 0.742. The molecule has 3 heteroatoms. The fourth-order valence-electron chi connectivity index (χ4n) is 2.83. The van der Waals surface area contributed by atoms with Crippen LogP contribution >= 0.6 is 0 Å². The third-order valence-corrected chi connectivity index (χ3v) is 3.67. The van der Waals surface area contributed by atoms with Crippen LogP contribution < -0.4 is 5.73 Å². The molecule has 0 aromatic heterocycles. The first-order valence-corrected chi connectivity index (χ1v) is 6.18. The van der Waals surface area contributed by atoms with E-state index >= 15 is 0 Å². The summed E-state index contributed by atoms with van der Waals surface area (Å²) in [5.41, 5.74) is 5.84. The maximum Gasteiger partial charge on any atom is 0.0611 e. The van der Waals surface area contributed by atoms with Crippen molar-refractivity contribution in [2.24, 2.45) is 5.73 Å². The highest BCUT2D eigenvalue weighted by Crippen LogP contribution is 2.29. The van der Waals surface area contributed by atoms with Crippen LogP contribution in [0.25, 0.3) is 0 Å². The fourth-order valence-corrected chi connectivity index (χ4v) is 2.83. The van der Waals surface area contributed by atoms with Crippen molar-refractivity contribution in [1.82, 2.24) is 4.90 Å². The lowest BCUT2D eigenvalue weighted by Gasteiger charge is -2.43. The van der Waals surface area contributed by atoms with Gasteiger partial charge in [0, 0.05) is 17.6 Å². The lowest BCUT2D eigenvalue weighted by Crippen LogP contribution is -2.54. The first-order chi connectivity index (χ1) is 7.02. The number of nitrogens with two attached hydrogens (primary N) is 1. The zero-order valence-electron chi connectivity index (χ0n) is 10.4. The van der Waals surface area contributed by atoms with Gasteiger partial charge in [-0.3, -0.25) is 4.90 Å². The zero-order chi connectivity index (χ0) is 11.5. The van der Waals surface area contributed by atoms with E-state index < -0.39 is 0 Å². The molecule has 3 N–H and O–H groups in total. The molecule has 0 radical (unpaired) electrons. The minimum Gasteiger partial charge on any atom is -0.394 e. The van der Waals surface area contributed by atoms with Crippen molar-refractivity contribution >= 4 is 0 Å². The van der Waals surface area contributed by atoms with Crippen molar-refractivity contribution in [3.05, 3.63) is 0 Å². The first kappa shape index (κ1) is 12.9. The molecule has 0 amide bonds. The van der Waals surface area contributed by atoms with Gasteiger partial charge in [0.05, 0.1) is 6.61 Å². The number of hydrogen-bond acceptors (Lipinski definition) is 3. The standard InChI is InChI=1S/C12H26N2O/c1-4-14(10(2)3)11-6-5-7-12(13,8-11)9-15/h10-11,15H,4-9,13H2,1-3H3. The topological polar surface area (TPSA) is 49.5 Å². The van der Waals surface area contributed by atoms with Crippen molar-refractivity contribution in [3.8, 4) is 0 Å². The van der Waals surface area contributed by atoms with Gasteiger partial charge in [-0.2, -0.15) is 0 Å². The van der Waals surface area contributed by atoms with E-state index in [4.69, 9.17) is 5.73 Å². The molecule has 1 aliphatic rings. The second kappa shape index (κ2) is 5.28. The maximum absolute atomic E-state index is 9.32. The Labute approximate surface area is 93.6 Å². The second-order valence-corrected chi connectivity index (χ2v) is 5.19. The van der Waals surface area contributed by atoms with E-state index in [1.807, 2.05) is 0 Å². The highest BCUT2D eigenvalue weighted by Gasteiger charge is 2.34. The smallest absolute Gasteiger partial charge is 0.0611 e. The fraction of sp³-hybridized carbons (Fsp3) is 1.00. The molecular formula is C12H26N2O. The molecule has 3 nitrogen and oxygen atoms in total. The summed E-state index contributed by atoms with van der Waals surface area (Å²) in [4.78, 5) is 2.50. The van der Waals surface area contributed by atoms with Gasteiger partial charge in [0.2, 0.25) is 0 Å². The summed E-state index contributed by atoms with van der Waals surface area (Å²) in [5.74, 6) is 0. The normalized spacial score (nSPS) is 32.6. The predicted octanol–water partition coefficient (Wildman–Crippen LogP) is 1.35. The van der Waals surface area contributed by atoms with Gasteiger partial charge >= 0.3 is 0 Å². The molecule has 0 saturated heterocycles. The Morgan fingerprint density at radius 3 is 2.67 bits per heavy atom. The summed E-state index contributed by atoms with van der Waals surface area (Å²) in [6, 6.07) is 1.13. The van der Waals surface area contributed by atoms with Crippen molar-refractivity contribution in [2.75, 3.05) is 13.2 Å². The monoisotopic (exact) mass is 214 g/mol. The maximum atomic E-state index is 9.32. The Balaban J connectivity index is 2.62. The molecular weight excluding hydrogens is 188 g/mol. The molecule has 1 fully saturated rings. The predicted molar refractivity (Wildman–Crippen MR) is 63.8 cm³/mol. The van der Waals surface area contributed by atoms with Crippen LogP contribution in [-0.4, -0.2) is 40.8 Å². The van der Waals surface area contributed by atoms with Crippen LogP contribution in [-0.2, 0) is 0 Å². The summed E-state index contributed by atoms with van der Waals surface area (Å²) in [5, 5.41) is 9.32. The Bertz CT molecular complexity index is 196. The molecule has 0 aromatic rings. The summed E-state index contributed by atoms with van der Waals surface area (Å²) in [7, 11) is 0. The highest BCUT2D eigenvalue weighted by molar-refractivity contribution is 4.94. The summed E-state index contributed by atoms with van der Waals surface area (Å²) >= 11 is 0. The van der Waals surface area contributed by atoms with Crippen LogP contribution in [0, 0.1) is 0 Å². The lowest BCUT2D eigenvalue weighted by molar-refractivity contribution is 0.0670. The van der Waals surface area contributed by atoms with Gasteiger partial charge in [-0.1, -0.05) is 6.92 Å². The van der Waals surface area contributed by atoms with Crippen LogP contribution in [0.2, 0.25) is 0 Å². The number of hydrogen-bond donors (Lipinski definition) is 2. The second-order valence-electron chi connectivity index (χ2n) is 5.19. The molecule has 1 saturated carbocycles. The van der Waals surface area contributed by atoms with Gasteiger partial charge in [0.25, 0.3) is 0 Å². The van der Waals surface area contributed by atoms with Gasteiger partial charge in [-0.05, 0) is 46.1 Å². The van der Waals surface area contributed by atoms with Crippen LogP contribution in [0.3, 0.4) is 0 Å². The molecule has 0 aliphatic heterocycles. The average Bonchev–Trinajstić information content (AvgIpc) is 2.18. The molecule has 0 bridgehead atoms. The van der Waals surface area contributed by atoms with E-state index in [0.717, 1.165) is 25.8 Å². The van der Waals surface area contributed by atoms with E-state index in [-0.39, 0.29) is 12.1 Å². The van der Waals surface area contributed by atoms with E-state index in [0.29, 0.717) is 12.1 Å². The van der Waals surface area contributed by atoms with E-state index in [1.165, 1.54) is 6.42 Å². The minimum atomic E-state index is -0.328. The van der Waals surface area contributed by atoms with Crippen LogP contribution in [0.15, 0.2) is 0 Å². The Morgan fingerprint density at radius 2 is 2.20 bits per heavy atom. The van der Waals surface area contributed by atoms with Gasteiger partial charge in [-0.15, -0.1) is 0 Å². The van der Waals surface area contributed by atoms with E-state index in [2.05, 4.69) is 25.7 Å². The van der Waals surface area contributed by atoms with Crippen molar-refractivity contribution in [2.45, 2.75) is 64.1 Å². The van der Waals surface area contributed by atoms with Gasteiger partial charge < -0.3 is 10.8 Å². The summed E-state index contributed by atoms with van der Waals surface area (Å²) in [6.45, 7) is 7.86. The van der Waals surface area contributed by atoms with Gasteiger partial charge in [0.15, 0.2) is 0 Å². The molecule has 1 aliphatic carbocycles. The largest absolute Gasteiger partial charge is 0.394 e. The highest BCUT2D eigenvalue weighted by atomic mass is 16.3. The van der Waals surface area contributed by atoms with Crippen molar-refractivity contribution in [1.29, 1.82) is 0 Å². The molecule has 2 unspecified atom stereocenters. The molecule has 0 spiro atoms. The first-order valence-electron chi connectivity index (χ1n) is 6.18. The minimum absolute atomic E-state index is 0.124. The summed E-state index contributed by atoms with van der Waals surface area (Å²) < 4.78 is 0. The molecule has 1 rings (SSSR count). The molecule has 15 heavy (non-hydrogen) atoms. The van der Waals surface area contributed by atoms with Crippen LogP contribution in [0.1, 0.15) is 46.5 Å². The lowest BCUT2D eigenvalue weighted by atomic mass is 9.79. The Hall–Kier alpha value is -0.120. The SMILES string of the molecule is CCN(C(C)C)C1CCCC(N)(CO)C1. The van der Waals surface area contributed by atoms with Gasteiger partial charge in [-0.25, -0.2) is 0 Å². The number of nitrogens with zero attached hydrogens (tertiary/aromatic N) is 1. The molecule has 90 valence electrons. The van der Waals surface area contributed by atoms with Crippen molar-refractivity contribution in [3.63, 3.8) is 0 Å². The number of aliphatic hydroxyl groups excluding tert-OH is 1. The third kappa shape index (κ3) is 3.16. The van der Waals surface area contributed by atoms with E-state index in [1.54, 1.807) is 0 Å². The molecule has 0 aromatic carbocycles. The Kier molecular flexibility index (Phi) is 4.56. The van der Waals surface area contributed by atoms with Crippen molar-refractivity contribution < 1.29 is 5.11 Å². The van der Waals surface area contributed by atoms with E-state index in [9.17, 15) is 5.11 Å². The summed E-state index contributed by atoms with van der Waals surface area (Å²) in [6.07, 6.45) is 4.28. The van der Waals surface area contributed by atoms with Crippen LogP contribution in [0.5, 0.6) is 0 Å².